The van der Waals surface area contributed by atoms with Crippen molar-refractivity contribution in [2.45, 2.75) is 24.4 Å². The lowest BCUT2D eigenvalue weighted by Gasteiger charge is -2.30. The number of carbonyl (C=O) groups excluding carboxylic acids is 1. The molecule has 1 fully saturated rings. The highest BCUT2D eigenvalue weighted by atomic mass is 35.5. The highest BCUT2D eigenvalue weighted by Gasteiger charge is 2.31. The summed E-state index contributed by atoms with van der Waals surface area (Å²) >= 11 is 5.97. The van der Waals surface area contributed by atoms with Crippen LogP contribution in [-0.4, -0.2) is 29.3 Å². The van der Waals surface area contributed by atoms with Gasteiger partial charge in [-0.15, -0.1) is 11.6 Å². The Morgan fingerprint density at radius 3 is 2.74 bits per heavy atom. The van der Waals surface area contributed by atoms with E-state index in [4.69, 9.17) is 11.6 Å². The van der Waals surface area contributed by atoms with Crippen molar-refractivity contribution in [1.82, 2.24) is 4.90 Å². The van der Waals surface area contributed by atoms with E-state index in [0.29, 0.717) is 13.1 Å². The van der Waals surface area contributed by atoms with Gasteiger partial charge in [-0.3, -0.25) is 4.79 Å². The number of hydrogen-bond acceptors (Lipinski definition) is 1. The number of rotatable bonds is 1. The third-order valence-corrected chi connectivity index (χ3v) is 3.44. The van der Waals surface area contributed by atoms with Crippen molar-refractivity contribution < 1.29 is 18.0 Å². The molecule has 1 saturated heterocycles. The largest absolute Gasteiger partial charge is 0.416 e. The van der Waals surface area contributed by atoms with Gasteiger partial charge >= 0.3 is 6.18 Å². The van der Waals surface area contributed by atoms with Crippen molar-refractivity contribution in [2.75, 3.05) is 13.1 Å². The highest BCUT2D eigenvalue weighted by Crippen LogP contribution is 2.30. The zero-order valence-corrected chi connectivity index (χ0v) is 10.8. The van der Waals surface area contributed by atoms with E-state index in [2.05, 4.69) is 0 Å². The summed E-state index contributed by atoms with van der Waals surface area (Å²) in [6, 6.07) is 4.49. The zero-order chi connectivity index (χ0) is 14.0. The molecule has 1 unspecified atom stereocenters. The van der Waals surface area contributed by atoms with Crippen LogP contribution in [0.15, 0.2) is 24.3 Å². The minimum atomic E-state index is -4.44. The van der Waals surface area contributed by atoms with E-state index in [9.17, 15) is 18.0 Å². The van der Waals surface area contributed by atoms with Crippen molar-refractivity contribution >= 4 is 17.5 Å². The molecule has 0 aromatic heterocycles. The van der Waals surface area contributed by atoms with Crippen LogP contribution in [0.3, 0.4) is 0 Å². The van der Waals surface area contributed by atoms with Crippen LogP contribution < -0.4 is 0 Å². The Morgan fingerprint density at radius 2 is 2.11 bits per heavy atom. The van der Waals surface area contributed by atoms with Crippen molar-refractivity contribution in [1.29, 1.82) is 0 Å². The van der Waals surface area contributed by atoms with Crippen LogP contribution >= 0.6 is 11.6 Å². The summed E-state index contributed by atoms with van der Waals surface area (Å²) in [6.07, 6.45) is -2.83. The van der Waals surface area contributed by atoms with Gasteiger partial charge < -0.3 is 4.90 Å². The molecule has 0 radical (unpaired) electrons. The molecule has 6 heteroatoms. The third-order valence-electron chi connectivity index (χ3n) is 3.09. The Morgan fingerprint density at radius 1 is 1.37 bits per heavy atom. The molecule has 0 bridgehead atoms. The van der Waals surface area contributed by atoms with Crippen LogP contribution in [0.5, 0.6) is 0 Å². The van der Waals surface area contributed by atoms with Crippen molar-refractivity contribution in [3.8, 4) is 0 Å². The lowest BCUT2D eigenvalue weighted by atomic mass is 10.1. The molecule has 0 saturated carbocycles. The maximum absolute atomic E-state index is 12.6. The van der Waals surface area contributed by atoms with Crippen LogP contribution in [0.25, 0.3) is 0 Å². The van der Waals surface area contributed by atoms with Crippen LogP contribution in [-0.2, 0) is 6.18 Å². The predicted molar refractivity (Wildman–Crippen MR) is 66.2 cm³/mol. The molecule has 1 aliphatic rings. The van der Waals surface area contributed by atoms with E-state index < -0.39 is 17.6 Å². The molecular weight excluding hydrogens is 279 g/mol. The fraction of sp³-hybridized carbons (Fsp3) is 0.462. The Kier molecular flexibility index (Phi) is 4.04. The number of amides is 1. The van der Waals surface area contributed by atoms with Gasteiger partial charge in [-0.25, -0.2) is 0 Å². The second kappa shape index (κ2) is 5.41. The molecule has 0 spiro atoms. The van der Waals surface area contributed by atoms with Gasteiger partial charge in [-0.1, -0.05) is 6.07 Å². The normalized spacial score (nSPS) is 20.4. The zero-order valence-electron chi connectivity index (χ0n) is 10.1. The number of piperidine rings is 1. The quantitative estimate of drug-likeness (QED) is 0.725. The summed E-state index contributed by atoms with van der Waals surface area (Å²) in [4.78, 5) is 13.6. The Hall–Kier alpha value is -1.23. The van der Waals surface area contributed by atoms with Crippen LogP contribution in [0.1, 0.15) is 28.8 Å². The van der Waals surface area contributed by atoms with Crippen molar-refractivity contribution in [2.24, 2.45) is 0 Å². The second-order valence-electron chi connectivity index (χ2n) is 4.57. The number of halogens is 4. The molecule has 0 N–H and O–H groups in total. The first-order valence-electron chi connectivity index (χ1n) is 5.98. The molecule has 0 aliphatic carbocycles. The summed E-state index contributed by atoms with van der Waals surface area (Å²) in [5.74, 6) is -0.392. The topological polar surface area (TPSA) is 20.3 Å². The number of hydrogen-bond donors (Lipinski definition) is 0. The number of nitrogens with zero attached hydrogens (tertiary/aromatic N) is 1. The molecule has 2 nitrogen and oxygen atoms in total. The van der Waals surface area contributed by atoms with Crippen LogP contribution in [0.2, 0.25) is 0 Å². The lowest BCUT2D eigenvalue weighted by Crippen LogP contribution is -2.40. The summed E-state index contributed by atoms with van der Waals surface area (Å²) in [7, 11) is 0. The molecule has 1 atom stereocenters. The number of likely N-dealkylation sites (tertiary alicyclic amines) is 1. The molecular formula is C13H13ClF3NO. The average molecular weight is 292 g/mol. The van der Waals surface area contributed by atoms with Crippen molar-refractivity contribution in [3.05, 3.63) is 35.4 Å². The van der Waals surface area contributed by atoms with E-state index in [1.807, 2.05) is 0 Å². The van der Waals surface area contributed by atoms with Gasteiger partial charge in [0.25, 0.3) is 5.91 Å². The van der Waals surface area contributed by atoms with Gasteiger partial charge in [-0.2, -0.15) is 13.2 Å². The molecule has 19 heavy (non-hydrogen) atoms. The smallest absolute Gasteiger partial charge is 0.337 e. The van der Waals surface area contributed by atoms with Crippen LogP contribution in [0, 0.1) is 0 Å². The monoisotopic (exact) mass is 291 g/mol. The fourth-order valence-electron chi connectivity index (χ4n) is 2.12. The first kappa shape index (κ1) is 14.2. The van der Waals surface area contributed by atoms with E-state index in [0.717, 1.165) is 25.0 Å². The predicted octanol–water partition coefficient (Wildman–Crippen LogP) is 3.55. The SMILES string of the molecule is O=C(c1cccc(C(F)(F)F)c1)N1CCCC(Cl)C1. The highest BCUT2D eigenvalue weighted by molar-refractivity contribution is 6.21. The average Bonchev–Trinajstić information content (AvgIpc) is 2.37. The lowest BCUT2D eigenvalue weighted by molar-refractivity contribution is -0.137. The summed E-state index contributed by atoms with van der Waals surface area (Å²) in [5.41, 5.74) is -0.752. The minimum Gasteiger partial charge on any atom is -0.337 e. The molecule has 104 valence electrons. The molecule has 1 aromatic rings. The number of alkyl halides is 4. The Bertz CT molecular complexity index is 475. The fourth-order valence-corrected chi connectivity index (χ4v) is 2.44. The first-order chi connectivity index (χ1) is 8.88. The molecule has 1 aromatic carbocycles. The van der Waals surface area contributed by atoms with Gasteiger partial charge in [0.05, 0.1) is 10.9 Å². The summed E-state index contributed by atoms with van der Waals surface area (Å²) in [5, 5.41) is -0.122. The Labute approximate surface area is 114 Å². The standard InChI is InChI=1S/C13H13ClF3NO/c14-11-5-2-6-18(8-11)12(19)9-3-1-4-10(7-9)13(15,16)17/h1,3-4,7,11H,2,5-6,8H2. The van der Waals surface area contributed by atoms with E-state index in [1.54, 1.807) is 0 Å². The maximum Gasteiger partial charge on any atom is 0.416 e. The summed E-state index contributed by atoms with van der Waals surface area (Å²) in [6.45, 7) is 0.926. The van der Waals surface area contributed by atoms with Crippen molar-refractivity contribution in [3.63, 3.8) is 0 Å². The van der Waals surface area contributed by atoms with Gasteiger partial charge in [0.2, 0.25) is 0 Å². The second-order valence-corrected chi connectivity index (χ2v) is 5.19. The van der Waals surface area contributed by atoms with Gasteiger partial charge in [-0.05, 0) is 31.0 Å². The van der Waals surface area contributed by atoms with E-state index in [-0.39, 0.29) is 10.9 Å². The molecule has 1 aliphatic heterocycles. The molecule has 1 heterocycles. The van der Waals surface area contributed by atoms with Gasteiger partial charge in [0.1, 0.15) is 0 Å². The minimum absolute atomic E-state index is 0.0561. The number of carbonyl (C=O) groups is 1. The third kappa shape index (κ3) is 3.41. The van der Waals surface area contributed by atoms with Gasteiger partial charge in [0.15, 0.2) is 0 Å². The first-order valence-corrected chi connectivity index (χ1v) is 6.42. The molecule has 2 rings (SSSR count). The summed E-state index contributed by atoms with van der Waals surface area (Å²) < 4.78 is 37.8. The number of benzene rings is 1. The Balaban J connectivity index is 2.19. The van der Waals surface area contributed by atoms with Crippen LogP contribution in [0.4, 0.5) is 13.2 Å². The molecule has 1 amide bonds. The van der Waals surface area contributed by atoms with Gasteiger partial charge in [0, 0.05) is 18.7 Å². The maximum atomic E-state index is 12.6. The van der Waals surface area contributed by atoms with E-state index in [1.165, 1.54) is 17.0 Å². The van der Waals surface area contributed by atoms with E-state index >= 15 is 0 Å².